The smallest absolute Gasteiger partial charge is 0.125 e. The molecule has 0 unspecified atom stereocenters. The second-order valence-electron chi connectivity index (χ2n) is 3.59. The summed E-state index contributed by atoms with van der Waals surface area (Å²) in [6, 6.07) is 10.7. The number of hydrogen-bond donors (Lipinski definition) is 1. The summed E-state index contributed by atoms with van der Waals surface area (Å²) in [5.74, 6) is -0.0145. The van der Waals surface area contributed by atoms with Crippen molar-refractivity contribution in [1.29, 1.82) is 0 Å². The van der Waals surface area contributed by atoms with E-state index >= 15 is 0 Å². The highest BCUT2D eigenvalue weighted by molar-refractivity contribution is 7.98. The van der Waals surface area contributed by atoms with E-state index < -0.39 is 0 Å². The van der Waals surface area contributed by atoms with Gasteiger partial charge in [0.2, 0.25) is 0 Å². The molecule has 0 bridgehead atoms. The number of benzene rings is 2. The van der Waals surface area contributed by atoms with Crippen molar-refractivity contribution in [2.24, 2.45) is 0 Å². The molecule has 88 valence electrons. The lowest BCUT2D eigenvalue weighted by atomic mass is 10.2. The van der Waals surface area contributed by atoms with Gasteiger partial charge in [-0.3, -0.25) is 0 Å². The molecule has 0 saturated carbocycles. The van der Waals surface area contributed by atoms with Gasteiger partial charge in [-0.25, -0.2) is 8.78 Å². The molecular formula is C13H11F2NS. The third-order valence-electron chi connectivity index (χ3n) is 2.30. The van der Waals surface area contributed by atoms with E-state index in [0.29, 0.717) is 11.4 Å². The topological polar surface area (TPSA) is 26.0 Å². The lowest BCUT2D eigenvalue weighted by Gasteiger charge is -2.05. The molecule has 4 heteroatoms. The Hall–Kier alpha value is -1.55. The molecule has 0 aliphatic carbocycles. The molecule has 0 spiro atoms. The number of hydrogen-bond acceptors (Lipinski definition) is 2. The zero-order valence-corrected chi connectivity index (χ0v) is 9.81. The van der Waals surface area contributed by atoms with E-state index in [2.05, 4.69) is 0 Å². The van der Waals surface area contributed by atoms with Gasteiger partial charge in [0.05, 0.1) is 0 Å². The second-order valence-corrected chi connectivity index (χ2v) is 4.64. The molecule has 2 aromatic rings. The van der Waals surface area contributed by atoms with Gasteiger partial charge in [-0.1, -0.05) is 12.1 Å². The predicted molar refractivity (Wildman–Crippen MR) is 66.8 cm³/mol. The molecule has 0 aromatic heterocycles. The molecule has 0 saturated heterocycles. The zero-order valence-electron chi connectivity index (χ0n) is 8.99. The summed E-state index contributed by atoms with van der Waals surface area (Å²) in [7, 11) is 0. The highest BCUT2D eigenvalue weighted by Crippen LogP contribution is 2.26. The van der Waals surface area contributed by atoms with Gasteiger partial charge in [0, 0.05) is 16.3 Å². The molecule has 0 fully saturated rings. The lowest BCUT2D eigenvalue weighted by Crippen LogP contribution is -1.93. The minimum absolute atomic E-state index is 0.262. The maximum absolute atomic E-state index is 12.9. The third kappa shape index (κ3) is 3.20. The van der Waals surface area contributed by atoms with Gasteiger partial charge < -0.3 is 5.73 Å². The summed E-state index contributed by atoms with van der Waals surface area (Å²) >= 11 is 1.47. The van der Waals surface area contributed by atoms with Gasteiger partial charge in [-0.05, 0) is 35.9 Å². The van der Waals surface area contributed by atoms with Crippen LogP contribution in [0.3, 0.4) is 0 Å². The van der Waals surface area contributed by atoms with E-state index in [4.69, 9.17) is 5.73 Å². The maximum Gasteiger partial charge on any atom is 0.125 e. The fourth-order valence-electron chi connectivity index (χ4n) is 1.42. The Morgan fingerprint density at radius 3 is 2.47 bits per heavy atom. The molecular weight excluding hydrogens is 240 g/mol. The fraction of sp³-hybridized carbons (Fsp3) is 0.0769. The Balaban J connectivity index is 2.07. The largest absolute Gasteiger partial charge is 0.398 e. The predicted octanol–water partition coefficient (Wildman–Crippen LogP) is 3.84. The SMILES string of the molecule is Nc1cc(F)ccc1CSc1cccc(F)c1. The minimum atomic E-state index is -0.345. The monoisotopic (exact) mass is 251 g/mol. The fourth-order valence-corrected chi connectivity index (χ4v) is 2.37. The summed E-state index contributed by atoms with van der Waals surface area (Å²) in [6.07, 6.45) is 0. The van der Waals surface area contributed by atoms with E-state index in [9.17, 15) is 8.78 Å². The van der Waals surface area contributed by atoms with Gasteiger partial charge >= 0.3 is 0 Å². The molecule has 0 atom stereocenters. The first-order chi connectivity index (χ1) is 8.15. The van der Waals surface area contributed by atoms with Crippen LogP contribution >= 0.6 is 11.8 Å². The molecule has 0 radical (unpaired) electrons. The van der Waals surface area contributed by atoms with Gasteiger partial charge in [-0.15, -0.1) is 11.8 Å². The van der Waals surface area contributed by atoms with Crippen LogP contribution in [0.2, 0.25) is 0 Å². The van der Waals surface area contributed by atoms with Gasteiger partial charge in [-0.2, -0.15) is 0 Å². The summed E-state index contributed by atoms with van der Waals surface area (Å²) in [5, 5.41) is 0. The van der Waals surface area contributed by atoms with Crippen molar-refractivity contribution in [3.8, 4) is 0 Å². The first-order valence-electron chi connectivity index (χ1n) is 5.07. The number of thioether (sulfide) groups is 1. The Morgan fingerprint density at radius 2 is 1.76 bits per heavy atom. The quantitative estimate of drug-likeness (QED) is 0.662. The minimum Gasteiger partial charge on any atom is -0.398 e. The van der Waals surface area contributed by atoms with Crippen molar-refractivity contribution in [3.05, 3.63) is 59.7 Å². The van der Waals surface area contributed by atoms with Gasteiger partial charge in [0.15, 0.2) is 0 Å². The molecule has 0 aliphatic rings. The van der Waals surface area contributed by atoms with Gasteiger partial charge in [0.25, 0.3) is 0 Å². The summed E-state index contributed by atoms with van der Waals surface area (Å²) in [5.41, 5.74) is 6.96. The van der Waals surface area contributed by atoms with Crippen LogP contribution in [0.5, 0.6) is 0 Å². The van der Waals surface area contributed by atoms with Crippen molar-refractivity contribution >= 4 is 17.4 Å². The Morgan fingerprint density at radius 1 is 1.00 bits per heavy atom. The molecule has 17 heavy (non-hydrogen) atoms. The molecule has 0 heterocycles. The van der Waals surface area contributed by atoms with Crippen LogP contribution in [0.25, 0.3) is 0 Å². The summed E-state index contributed by atoms with van der Waals surface area (Å²) < 4.78 is 25.8. The number of anilines is 1. The maximum atomic E-state index is 12.9. The summed E-state index contributed by atoms with van der Waals surface area (Å²) in [6.45, 7) is 0. The van der Waals surface area contributed by atoms with Crippen molar-refractivity contribution in [3.63, 3.8) is 0 Å². The van der Waals surface area contributed by atoms with Crippen LogP contribution in [-0.4, -0.2) is 0 Å². The number of halogens is 2. The standard InChI is InChI=1S/C13H11F2NS/c14-10-2-1-3-12(6-10)17-8-9-4-5-11(15)7-13(9)16/h1-7H,8,16H2. The third-order valence-corrected chi connectivity index (χ3v) is 3.34. The molecule has 1 nitrogen and oxygen atoms in total. The number of nitrogen functional groups attached to an aromatic ring is 1. The highest BCUT2D eigenvalue weighted by atomic mass is 32.2. The molecule has 2 rings (SSSR count). The molecule has 0 aliphatic heterocycles. The van der Waals surface area contributed by atoms with E-state index in [1.54, 1.807) is 12.1 Å². The molecule has 0 amide bonds. The highest BCUT2D eigenvalue weighted by Gasteiger charge is 2.02. The van der Waals surface area contributed by atoms with Crippen LogP contribution in [-0.2, 0) is 5.75 Å². The lowest BCUT2D eigenvalue weighted by molar-refractivity contribution is 0.624. The van der Waals surface area contributed by atoms with E-state index in [1.807, 2.05) is 6.07 Å². The number of nitrogens with two attached hydrogens (primary N) is 1. The van der Waals surface area contributed by atoms with Crippen LogP contribution in [0, 0.1) is 11.6 Å². The average Bonchev–Trinajstić information content (AvgIpc) is 2.28. The Bertz CT molecular complexity index is 529. The first-order valence-corrected chi connectivity index (χ1v) is 6.06. The molecule has 2 aromatic carbocycles. The van der Waals surface area contributed by atoms with Crippen molar-refractivity contribution in [2.75, 3.05) is 5.73 Å². The van der Waals surface area contributed by atoms with Gasteiger partial charge in [0.1, 0.15) is 11.6 Å². The Kier molecular flexibility index (Phi) is 3.64. The summed E-state index contributed by atoms with van der Waals surface area (Å²) in [4.78, 5) is 0.828. The van der Waals surface area contributed by atoms with E-state index in [1.165, 1.54) is 36.0 Å². The molecule has 2 N–H and O–H groups in total. The van der Waals surface area contributed by atoms with Crippen LogP contribution in [0.1, 0.15) is 5.56 Å². The van der Waals surface area contributed by atoms with Crippen molar-refractivity contribution < 1.29 is 8.78 Å². The van der Waals surface area contributed by atoms with Crippen LogP contribution in [0.15, 0.2) is 47.4 Å². The zero-order chi connectivity index (χ0) is 12.3. The van der Waals surface area contributed by atoms with Crippen LogP contribution < -0.4 is 5.73 Å². The van der Waals surface area contributed by atoms with Crippen LogP contribution in [0.4, 0.5) is 14.5 Å². The normalized spacial score (nSPS) is 10.5. The van der Waals surface area contributed by atoms with E-state index in [0.717, 1.165) is 10.5 Å². The van der Waals surface area contributed by atoms with Crippen molar-refractivity contribution in [2.45, 2.75) is 10.6 Å². The van der Waals surface area contributed by atoms with E-state index in [-0.39, 0.29) is 11.6 Å². The van der Waals surface area contributed by atoms with Crippen molar-refractivity contribution in [1.82, 2.24) is 0 Å². The first kappa shape index (κ1) is 11.9. The number of rotatable bonds is 3. The second kappa shape index (κ2) is 5.19. The average molecular weight is 251 g/mol. The Labute approximate surface area is 103 Å².